The first-order chi connectivity index (χ1) is 8.00. The third kappa shape index (κ3) is 323. The minimum Gasteiger partial charge on any atom is -0.786 e. The van der Waals surface area contributed by atoms with Crippen LogP contribution in [-0.4, -0.2) is 0 Å². The molecule has 0 N–H and O–H groups in total. The first-order valence-corrected chi connectivity index (χ1v) is 8.60. The van der Waals surface area contributed by atoms with E-state index in [0.717, 1.165) is 0 Å². The van der Waals surface area contributed by atoms with Gasteiger partial charge in [-0.2, -0.15) is 0 Å². The molecule has 0 aliphatic rings. The van der Waals surface area contributed by atoms with Crippen LogP contribution in [0.1, 0.15) is 0 Å². The maximum Gasteiger partial charge on any atom is 1.00 e. The zero-order chi connectivity index (χ0) is 18.0. The Hall–Kier alpha value is 13.4. The summed E-state index contributed by atoms with van der Waals surface area (Å²) in [6.45, 7) is 0. The van der Waals surface area contributed by atoms with Gasteiger partial charge in [0.1, 0.15) is 31.6 Å². The maximum atomic E-state index is 10.1. The average molecular weight is 705 g/mol. The van der Waals surface area contributed by atoms with Gasteiger partial charge in [-0.1, -0.05) is 0 Å². The van der Waals surface area contributed by atoms with E-state index in [1.54, 1.807) is 0 Å². The van der Waals surface area contributed by atoms with Gasteiger partial charge in [0.25, 0.3) is 0 Å². The Balaban J connectivity index is -0.0000000111. The van der Waals surface area contributed by atoms with Crippen molar-refractivity contribution >= 4 is 31.6 Å². The van der Waals surface area contributed by atoms with Crippen LogP contribution in [0.5, 0.6) is 0 Å². The fraction of sp³-hybridized carbons (Fsp3) is 0. The second-order valence-electron chi connectivity index (χ2n) is 1.72. The molecule has 0 aromatic carbocycles. The molecule has 0 saturated carbocycles. The van der Waals surface area contributed by atoms with E-state index in [4.69, 9.17) is 57.4 Å². The molecule has 0 unspecified atom stereocenters. The van der Waals surface area contributed by atoms with E-state index in [0.29, 0.717) is 0 Å². The second-order valence-corrected chi connectivity index (χ2v) is 5.17. The summed E-state index contributed by atoms with van der Waals surface area (Å²) >= 11 is 0. The first kappa shape index (κ1) is 78.2. The zero-order valence-electron chi connectivity index (χ0n) is 16.2. The molecule has 28 heteroatoms. The van der Waals surface area contributed by atoms with Gasteiger partial charge in [0, 0.05) is 0 Å². The number of halogens is 4. The molecule has 0 heterocycles. The molecule has 0 fully saturated rings. The van der Waals surface area contributed by atoms with Crippen molar-refractivity contribution < 1.29 is 485 Å². The summed E-state index contributed by atoms with van der Waals surface area (Å²) < 4.78 is 74.3. The fourth-order valence-electron chi connectivity index (χ4n) is 0. The van der Waals surface area contributed by atoms with Crippen molar-refractivity contribution in [2.45, 2.75) is 0 Å². The molecule has 0 spiro atoms. The molecule has 0 rings (SSSR count). The molecule has 0 aliphatic carbocycles. The van der Waals surface area contributed by atoms with Crippen LogP contribution in [0.2, 0.25) is 0 Å². The molecule has 0 aromatic heterocycles. The van der Waals surface area contributed by atoms with Gasteiger partial charge >= 0.3 is 411 Å². The van der Waals surface area contributed by atoms with E-state index in [-0.39, 0.29) is 411 Å². The van der Waals surface area contributed by atoms with Gasteiger partial charge in [-0.3, -0.25) is 0 Å². The average Bonchev–Trinajstić information content (AvgIpc) is 1.62. The van der Waals surface area contributed by atoms with Gasteiger partial charge in [-0.05, 0) is 0 Å². The van der Waals surface area contributed by atoms with E-state index < -0.39 is 31.6 Å². The molecule has 0 aliphatic heterocycles. The molecular formula is F4K8O12P4. The predicted molar refractivity (Wildman–Crippen MR) is 34.9 cm³/mol. The minimum absolute atomic E-state index is 0. The van der Waals surface area contributed by atoms with Crippen molar-refractivity contribution in [3.63, 3.8) is 0 Å². The van der Waals surface area contributed by atoms with Crippen LogP contribution in [0, 0.1) is 0 Å². The SMILES string of the molecule is O=P([O-])([O-])F.O=P([O-])([O-])F.O=P([O-])([O-])F.O=P([O-])([O-])F.[K+].[K+].[K+].[K+].[K+].[K+].[K+].[K+]. The summed E-state index contributed by atoms with van der Waals surface area (Å²) in [7, 11) is -22.6. The quantitative estimate of drug-likeness (QED) is 0.129. The fourth-order valence-corrected chi connectivity index (χ4v) is 0. The molecule has 0 saturated heterocycles. The Morgan fingerprint density at radius 1 is 0.321 bits per heavy atom. The normalized spacial score (nSPS) is 8.43. The van der Waals surface area contributed by atoms with Crippen LogP contribution >= 0.6 is 31.6 Å². The van der Waals surface area contributed by atoms with Crippen LogP contribution < -0.4 is 450 Å². The molecule has 0 radical (unpaired) electrons. The topological polar surface area (TPSA) is 253 Å². The predicted octanol–water partition coefficient (Wildman–Crippen LogP) is -28.8. The summed E-state index contributed by atoms with van der Waals surface area (Å²) in [6, 6.07) is 0. The van der Waals surface area contributed by atoms with Crippen LogP contribution in [-0.2, 0) is 18.3 Å². The molecule has 0 aromatic rings. The van der Waals surface area contributed by atoms with E-state index in [2.05, 4.69) is 0 Å². The van der Waals surface area contributed by atoms with Gasteiger partial charge < -0.3 is 57.4 Å². The van der Waals surface area contributed by atoms with Crippen LogP contribution in [0.15, 0.2) is 0 Å². The van der Waals surface area contributed by atoms with Crippen LogP contribution in [0.4, 0.5) is 16.8 Å². The van der Waals surface area contributed by atoms with Crippen molar-refractivity contribution in [3.8, 4) is 0 Å². The molecule has 0 atom stereocenters. The molecular weight excluding hydrogens is 705 g/mol. The molecule has 128 valence electrons. The van der Waals surface area contributed by atoms with Gasteiger partial charge in [0.2, 0.25) is 0 Å². The third-order valence-electron chi connectivity index (χ3n) is 0. The smallest absolute Gasteiger partial charge is 0.786 e. The first-order valence-electron chi connectivity index (χ1n) is 2.87. The van der Waals surface area contributed by atoms with Gasteiger partial charge in [-0.15, -0.1) is 0 Å². The van der Waals surface area contributed by atoms with Crippen LogP contribution in [0.25, 0.3) is 0 Å². The molecule has 12 nitrogen and oxygen atoms in total. The molecule has 0 bridgehead atoms. The van der Waals surface area contributed by atoms with E-state index in [1.807, 2.05) is 0 Å². The zero-order valence-corrected chi connectivity index (χ0v) is 44.8. The maximum absolute atomic E-state index is 10.1. The Morgan fingerprint density at radius 2 is 0.321 bits per heavy atom. The van der Waals surface area contributed by atoms with Crippen LogP contribution in [0.3, 0.4) is 0 Å². The summed E-state index contributed by atoms with van der Waals surface area (Å²) in [6.07, 6.45) is 0. The molecule has 0 amide bonds. The molecule has 28 heavy (non-hydrogen) atoms. The Morgan fingerprint density at radius 3 is 0.321 bits per heavy atom. The van der Waals surface area contributed by atoms with Crippen molar-refractivity contribution in [2.24, 2.45) is 0 Å². The Labute approximate surface area is 498 Å². The van der Waals surface area contributed by atoms with Gasteiger partial charge in [0.15, 0.2) is 0 Å². The van der Waals surface area contributed by atoms with Gasteiger partial charge in [-0.25, -0.2) is 16.8 Å². The number of rotatable bonds is 0. The standard InChI is InChI=1S/4FH2O3P.8K/c4*1-5(2,3)4;;;;;;;;/h4*(H2,2,3,4);;;;;;;;/q;;;;8*+1/p-8. The third-order valence-corrected chi connectivity index (χ3v) is 0. The summed E-state index contributed by atoms with van der Waals surface area (Å²) in [5, 5.41) is 0. The van der Waals surface area contributed by atoms with Crippen molar-refractivity contribution in [1.82, 2.24) is 0 Å². The number of hydrogen-bond acceptors (Lipinski definition) is 12. The number of hydrogen-bond donors (Lipinski definition) is 0. The second kappa shape index (κ2) is 44.8. The van der Waals surface area contributed by atoms with E-state index >= 15 is 0 Å². The summed E-state index contributed by atoms with van der Waals surface area (Å²) in [5.74, 6) is 0. The van der Waals surface area contributed by atoms with Crippen molar-refractivity contribution in [2.75, 3.05) is 0 Å². The van der Waals surface area contributed by atoms with E-state index in [1.165, 1.54) is 0 Å². The Kier molecular flexibility index (Phi) is 125. The van der Waals surface area contributed by atoms with Gasteiger partial charge in [0.05, 0.1) is 0 Å². The Bertz CT molecular complexity index is 316. The van der Waals surface area contributed by atoms with E-state index in [9.17, 15) is 16.8 Å². The van der Waals surface area contributed by atoms with Crippen molar-refractivity contribution in [1.29, 1.82) is 0 Å². The van der Waals surface area contributed by atoms with Crippen molar-refractivity contribution in [3.05, 3.63) is 0 Å². The largest absolute Gasteiger partial charge is 1.00 e. The summed E-state index contributed by atoms with van der Waals surface area (Å²) in [5.41, 5.74) is 0. The minimum atomic E-state index is -5.64. The monoisotopic (exact) mass is 704 g/mol. The summed E-state index contributed by atoms with van der Waals surface area (Å²) in [4.78, 5) is 67.5.